The van der Waals surface area contributed by atoms with Crippen LogP contribution < -0.4 is 10.6 Å². The third-order valence-electron chi connectivity index (χ3n) is 4.33. The maximum atomic E-state index is 12.3. The minimum Gasteiger partial charge on any atom is -0.368 e. The Bertz CT molecular complexity index is 1120. The lowest BCUT2D eigenvalue weighted by Crippen LogP contribution is -2.14. The van der Waals surface area contributed by atoms with Gasteiger partial charge in [0.1, 0.15) is 5.52 Å². The van der Waals surface area contributed by atoms with Gasteiger partial charge in [-0.2, -0.15) is 9.97 Å². The Morgan fingerprint density at radius 2 is 2.19 bits per heavy atom. The molecule has 0 fully saturated rings. The van der Waals surface area contributed by atoms with Gasteiger partial charge >= 0.3 is 0 Å². The molecule has 138 valence electrons. The summed E-state index contributed by atoms with van der Waals surface area (Å²) >= 11 is 5.90. The number of hydrogen-bond acceptors (Lipinski definition) is 5. The number of aromatic amines is 1. The first kappa shape index (κ1) is 17.3. The summed E-state index contributed by atoms with van der Waals surface area (Å²) in [6, 6.07) is 7.88. The molecule has 1 aromatic carbocycles. The Morgan fingerprint density at radius 1 is 1.30 bits per heavy atom. The molecular formula is C18H18ClN7O. The molecule has 4 aromatic rings. The SMILES string of the molecule is Cn1ccc2c(NC(=O)CCCNc3nc(Cl)nc4nc[nH]c34)cccc21. The highest BCUT2D eigenvalue weighted by Gasteiger charge is 2.10. The van der Waals surface area contributed by atoms with Crippen molar-refractivity contribution < 1.29 is 4.79 Å². The Hall–Kier alpha value is -3.13. The Kier molecular flexibility index (Phi) is 4.64. The van der Waals surface area contributed by atoms with Gasteiger partial charge in [-0.15, -0.1) is 0 Å². The average Bonchev–Trinajstić information content (AvgIpc) is 3.26. The van der Waals surface area contributed by atoms with Gasteiger partial charge in [0.05, 0.1) is 12.0 Å². The fourth-order valence-electron chi connectivity index (χ4n) is 3.01. The van der Waals surface area contributed by atoms with E-state index in [1.807, 2.05) is 42.1 Å². The zero-order valence-electron chi connectivity index (χ0n) is 14.7. The molecule has 4 rings (SSSR count). The zero-order chi connectivity index (χ0) is 18.8. The lowest BCUT2D eigenvalue weighted by molar-refractivity contribution is -0.116. The lowest BCUT2D eigenvalue weighted by Gasteiger charge is -2.08. The Morgan fingerprint density at radius 3 is 3.07 bits per heavy atom. The fraction of sp³-hybridized carbons (Fsp3) is 0.222. The molecule has 0 saturated heterocycles. The van der Waals surface area contributed by atoms with Crippen molar-refractivity contribution >= 4 is 51.1 Å². The summed E-state index contributed by atoms with van der Waals surface area (Å²) in [5, 5.41) is 7.33. The van der Waals surface area contributed by atoms with Gasteiger partial charge in [-0.1, -0.05) is 6.07 Å². The number of nitrogens with one attached hydrogen (secondary N) is 3. The van der Waals surface area contributed by atoms with E-state index in [1.54, 1.807) is 6.33 Å². The quantitative estimate of drug-likeness (QED) is 0.350. The van der Waals surface area contributed by atoms with Crippen LogP contribution in [0.25, 0.3) is 22.1 Å². The van der Waals surface area contributed by atoms with Crippen molar-refractivity contribution in [1.29, 1.82) is 0 Å². The molecule has 27 heavy (non-hydrogen) atoms. The van der Waals surface area contributed by atoms with E-state index in [0.29, 0.717) is 36.4 Å². The molecule has 0 aliphatic carbocycles. The summed E-state index contributed by atoms with van der Waals surface area (Å²) in [5.41, 5.74) is 3.11. The van der Waals surface area contributed by atoms with Gasteiger partial charge in [0.25, 0.3) is 0 Å². The first-order valence-electron chi connectivity index (χ1n) is 8.56. The Labute approximate surface area is 160 Å². The predicted octanol–water partition coefficient (Wildman–Crippen LogP) is 3.33. The molecule has 1 amide bonds. The maximum absolute atomic E-state index is 12.3. The number of H-pyrrole nitrogens is 1. The molecule has 3 N–H and O–H groups in total. The number of rotatable bonds is 6. The van der Waals surface area contributed by atoms with Crippen molar-refractivity contribution in [2.75, 3.05) is 17.2 Å². The van der Waals surface area contributed by atoms with E-state index in [2.05, 4.69) is 30.6 Å². The number of imidazole rings is 1. The second kappa shape index (κ2) is 7.24. The number of aromatic nitrogens is 5. The summed E-state index contributed by atoms with van der Waals surface area (Å²) in [7, 11) is 1.98. The third-order valence-corrected chi connectivity index (χ3v) is 4.50. The molecule has 0 unspecified atom stereocenters. The highest BCUT2D eigenvalue weighted by Crippen LogP contribution is 2.24. The van der Waals surface area contributed by atoms with Gasteiger partial charge < -0.3 is 20.2 Å². The number of benzene rings is 1. The summed E-state index contributed by atoms with van der Waals surface area (Å²) in [6.45, 7) is 0.574. The molecule has 9 heteroatoms. The van der Waals surface area contributed by atoms with Gasteiger partial charge in [-0.3, -0.25) is 4.79 Å². The topological polar surface area (TPSA) is 101 Å². The van der Waals surface area contributed by atoms with Crippen molar-refractivity contribution in [3.63, 3.8) is 0 Å². The molecule has 0 radical (unpaired) electrons. The highest BCUT2D eigenvalue weighted by atomic mass is 35.5. The van der Waals surface area contributed by atoms with Crippen LogP contribution in [0.5, 0.6) is 0 Å². The fourth-order valence-corrected chi connectivity index (χ4v) is 3.18. The molecule has 0 atom stereocenters. The highest BCUT2D eigenvalue weighted by molar-refractivity contribution is 6.28. The Balaban J connectivity index is 1.34. The van der Waals surface area contributed by atoms with Crippen LogP contribution in [-0.4, -0.2) is 37.0 Å². The summed E-state index contributed by atoms with van der Waals surface area (Å²) in [6.07, 6.45) is 4.56. The van der Waals surface area contributed by atoms with Crippen LogP contribution >= 0.6 is 11.6 Å². The summed E-state index contributed by atoms with van der Waals surface area (Å²) in [4.78, 5) is 27.5. The van der Waals surface area contributed by atoms with Crippen LogP contribution in [-0.2, 0) is 11.8 Å². The first-order chi connectivity index (χ1) is 13.1. The standard InChI is InChI=1S/C18H18ClN7O/c1-26-9-7-11-12(4-2-5-13(11)26)23-14(27)6-3-8-20-16-15-17(22-10-21-15)25-18(19)24-16/h2,4-5,7,9-10H,3,6,8H2,1H3,(H,23,27)(H2,20,21,22,24,25). The van der Waals surface area contributed by atoms with Crippen LogP contribution in [0.3, 0.4) is 0 Å². The number of hydrogen-bond donors (Lipinski definition) is 3. The molecular weight excluding hydrogens is 366 g/mol. The van der Waals surface area contributed by atoms with Gasteiger partial charge in [-0.05, 0) is 36.2 Å². The van der Waals surface area contributed by atoms with Crippen molar-refractivity contribution in [3.05, 3.63) is 42.1 Å². The van der Waals surface area contributed by atoms with Gasteiger partial charge in [0, 0.05) is 37.1 Å². The molecule has 0 bridgehead atoms. The monoisotopic (exact) mass is 383 g/mol. The van der Waals surface area contributed by atoms with Crippen molar-refractivity contribution in [2.45, 2.75) is 12.8 Å². The second-order valence-corrected chi connectivity index (χ2v) is 6.52. The number of amides is 1. The smallest absolute Gasteiger partial charge is 0.226 e. The van der Waals surface area contributed by atoms with Crippen LogP contribution in [0.15, 0.2) is 36.8 Å². The van der Waals surface area contributed by atoms with Crippen molar-refractivity contribution in [3.8, 4) is 0 Å². The van der Waals surface area contributed by atoms with Crippen molar-refractivity contribution in [2.24, 2.45) is 7.05 Å². The minimum absolute atomic E-state index is 0.0273. The molecule has 0 aliphatic rings. The maximum Gasteiger partial charge on any atom is 0.226 e. The van der Waals surface area contributed by atoms with Gasteiger partial charge in [-0.25, -0.2) is 4.98 Å². The number of carbonyl (C=O) groups excluding carboxylic acids is 1. The molecule has 0 spiro atoms. The number of aryl methyl sites for hydroxylation is 1. The summed E-state index contributed by atoms with van der Waals surface area (Å²) < 4.78 is 2.03. The lowest BCUT2D eigenvalue weighted by atomic mass is 10.2. The number of fused-ring (bicyclic) bond motifs is 2. The zero-order valence-corrected chi connectivity index (χ0v) is 15.4. The van der Waals surface area contributed by atoms with E-state index in [4.69, 9.17) is 11.6 Å². The molecule has 0 aliphatic heterocycles. The van der Waals surface area contributed by atoms with Crippen LogP contribution in [0.2, 0.25) is 5.28 Å². The largest absolute Gasteiger partial charge is 0.368 e. The number of nitrogens with zero attached hydrogens (tertiary/aromatic N) is 4. The number of anilines is 2. The third kappa shape index (κ3) is 3.56. The summed E-state index contributed by atoms with van der Waals surface area (Å²) in [5.74, 6) is 0.553. The minimum atomic E-state index is -0.0273. The van der Waals surface area contributed by atoms with Crippen LogP contribution in [0, 0.1) is 0 Å². The van der Waals surface area contributed by atoms with E-state index >= 15 is 0 Å². The molecule has 3 heterocycles. The van der Waals surface area contributed by atoms with E-state index in [1.165, 1.54) is 0 Å². The van der Waals surface area contributed by atoms with E-state index in [9.17, 15) is 4.79 Å². The van der Waals surface area contributed by atoms with E-state index in [0.717, 1.165) is 16.6 Å². The van der Waals surface area contributed by atoms with E-state index in [-0.39, 0.29) is 11.2 Å². The second-order valence-electron chi connectivity index (χ2n) is 6.19. The average molecular weight is 384 g/mol. The number of carbonyl (C=O) groups is 1. The molecule has 8 nitrogen and oxygen atoms in total. The van der Waals surface area contributed by atoms with Crippen LogP contribution in [0.1, 0.15) is 12.8 Å². The molecule has 3 aromatic heterocycles. The number of halogens is 1. The first-order valence-corrected chi connectivity index (χ1v) is 8.94. The van der Waals surface area contributed by atoms with Crippen molar-refractivity contribution in [1.82, 2.24) is 24.5 Å². The van der Waals surface area contributed by atoms with Gasteiger partial charge in [0.15, 0.2) is 11.5 Å². The van der Waals surface area contributed by atoms with E-state index < -0.39 is 0 Å². The normalized spacial score (nSPS) is 11.2. The van der Waals surface area contributed by atoms with Gasteiger partial charge in [0.2, 0.25) is 11.2 Å². The molecule has 0 saturated carbocycles. The predicted molar refractivity (Wildman–Crippen MR) is 106 cm³/mol. The van der Waals surface area contributed by atoms with Crippen LogP contribution in [0.4, 0.5) is 11.5 Å².